The Hall–Kier alpha value is -1.53. The van der Waals surface area contributed by atoms with Gasteiger partial charge in [0, 0.05) is 11.7 Å². The van der Waals surface area contributed by atoms with Crippen molar-refractivity contribution in [1.82, 2.24) is 5.23 Å². The van der Waals surface area contributed by atoms with Crippen LogP contribution in [0.2, 0.25) is 6.82 Å². The molecule has 1 rings (SSSR count). The largest absolute Gasteiger partial charge is 0.460 e. The summed E-state index contributed by atoms with van der Waals surface area (Å²) in [5, 5.41) is 12.6. The van der Waals surface area contributed by atoms with Gasteiger partial charge in [0.1, 0.15) is 5.60 Å². The Morgan fingerprint density at radius 1 is 1.45 bits per heavy atom. The SMILES string of the molecule is CB(O)N[C@H](CC(=O)OC(C)(C)C)Cc1cc(N)ccc1C. The number of nitrogens with one attached hydrogen (secondary N) is 1. The fraction of sp³-hybridized carbons (Fsp3) is 0.562. The first-order valence-electron chi connectivity index (χ1n) is 7.58. The van der Waals surface area contributed by atoms with Crippen LogP contribution in [0.1, 0.15) is 38.3 Å². The number of hydrogen-bond acceptors (Lipinski definition) is 5. The Morgan fingerprint density at radius 3 is 2.64 bits per heavy atom. The van der Waals surface area contributed by atoms with E-state index < -0.39 is 12.7 Å². The number of benzene rings is 1. The van der Waals surface area contributed by atoms with Gasteiger partial charge in [-0.2, -0.15) is 0 Å². The van der Waals surface area contributed by atoms with Gasteiger partial charge in [-0.15, -0.1) is 0 Å². The van der Waals surface area contributed by atoms with Gasteiger partial charge in [0.25, 0.3) is 0 Å². The van der Waals surface area contributed by atoms with Gasteiger partial charge in [-0.3, -0.25) is 4.79 Å². The molecule has 0 spiro atoms. The average molecular weight is 306 g/mol. The summed E-state index contributed by atoms with van der Waals surface area (Å²) in [6, 6.07) is 5.50. The quantitative estimate of drug-likeness (QED) is 0.425. The van der Waals surface area contributed by atoms with Crippen molar-refractivity contribution in [2.45, 2.75) is 59.0 Å². The zero-order chi connectivity index (χ0) is 16.9. The number of nitrogens with two attached hydrogens (primary N) is 1. The Balaban J connectivity index is 2.80. The minimum Gasteiger partial charge on any atom is -0.460 e. The van der Waals surface area contributed by atoms with Crippen LogP contribution >= 0.6 is 0 Å². The second kappa shape index (κ2) is 7.65. The highest BCUT2D eigenvalue weighted by molar-refractivity contribution is 6.45. The van der Waals surface area contributed by atoms with Crippen LogP contribution in [-0.4, -0.2) is 29.7 Å². The van der Waals surface area contributed by atoms with Gasteiger partial charge in [-0.1, -0.05) is 6.07 Å². The van der Waals surface area contributed by atoms with E-state index in [4.69, 9.17) is 10.5 Å². The van der Waals surface area contributed by atoms with Crippen molar-refractivity contribution >= 4 is 18.7 Å². The van der Waals surface area contributed by atoms with Crippen molar-refractivity contribution in [3.63, 3.8) is 0 Å². The maximum Gasteiger partial charge on any atom is 0.373 e. The third kappa shape index (κ3) is 6.96. The summed E-state index contributed by atoms with van der Waals surface area (Å²) < 4.78 is 5.36. The molecular weight excluding hydrogens is 279 g/mol. The third-order valence-corrected chi connectivity index (χ3v) is 3.15. The number of ether oxygens (including phenoxy) is 1. The van der Waals surface area contributed by atoms with E-state index in [0.717, 1.165) is 11.1 Å². The molecular formula is C16H27BN2O3. The maximum atomic E-state index is 12.0. The lowest BCUT2D eigenvalue weighted by atomic mass is 9.85. The number of nitrogen functional groups attached to an aromatic ring is 1. The predicted molar refractivity (Wildman–Crippen MR) is 90.5 cm³/mol. The molecule has 0 saturated carbocycles. The van der Waals surface area contributed by atoms with Crippen molar-refractivity contribution in [3.8, 4) is 0 Å². The van der Waals surface area contributed by atoms with Gasteiger partial charge >= 0.3 is 13.0 Å². The molecule has 0 aliphatic carbocycles. The number of hydrogen-bond donors (Lipinski definition) is 3. The molecule has 0 unspecified atom stereocenters. The molecule has 122 valence electrons. The van der Waals surface area contributed by atoms with Crippen molar-refractivity contribution in [3.05, 3.63) is 29.3 Å². The fourth-order valence-electron chi connectivity index (χ4n) is 2.29. The molecule has 0 fully saturated rings. The van der Waals surface area contributed by atoms with E-state index in [1.54, 1.807) is 6.82 Å². The van der Waals surface area contributed by atoms with Crippen molar-refractivity contribution in [2.24, 2.45) is 0 Å². The lowest BCUT2D eigenvalue weighted by Gasteiger charge is -2.24. The Labute approximate surface area is 133 Å². The van der Waals surface area contributed by atoms with Gasteiger partial charge in [0.2, 0.25) is 0 Å². The van der Waals surface area contributed by atoms with Crippen molar-refractivity contribution in [2.75, 3.05) is 5.73 Å². The molecule has 6 heteroatoms. The molecule has 0 bridgehead atoms. The molecule has 0 saturated heterocycles. The van der Waals surface area contributed by atoms with Crippen molar-refractivity contribution in [1.29, 1.82) is 0 Å². The lowest BCUT2D eigenvalue weighted by molar-refractivity contribution is -0.155. The van der Waals surface area contributed by atoms with E-state index in [2.05, 4.69) is 5.23 Å². The normalized spacial score (nSPS) is 12.8. The molecule has 1 aromatic rings. The highest BCUT2D eigenvalue weighted by Gasteiger charge is 2.22. The second-order valence-corrected chi connectivity index (χ2v) is 6.72. The van der Waals surface area contributed by atoms with Gasteiger partial charge in [0.05, 0.1) is 6.42 Å². The second-order valence-electron chi connectivity index (χ2n) is 6.72. The van der Waals surface area contributed by atoms with E-state index in [0.29, 0.717) is 12.1 Å². The summed E-state index contributed by atoms with van der Waals surface area (Å²) in [6.45, 7) is 9.15. The summed E-state index contributed by atoms with van der Waals surface area (Å²) >= 11 is 0. The number of anilines is 1. The number of rotatable bonds is 6. The molecule has 22 heavy (non-hydrogen) atoms. The van der Waals surface area contributed by atoms with E-state index in [1.165, 1.54) is 0 Å². The van der Waals surface area contributed by atoms with E-state index in [9.17, 15) is 9.82 Å². The van der Waals surface area contributed by atoms with Crippen LogP contribution in [0, 0.1) is 6.92 Å². The number of aryl methyl sites for hydroxylation is 1. The first-order valence-corrected chi connectivity index (χ1v) is 7.58. The summed E-state index contributed by atoms with van der Waals surface area (Å²) in [4.78, 5) is 12.0. The monoisotopic (exact) mass is 306 g/mol. The molecule has 0 radical (unpaired) electrons. The smallest absolute Gasteiger partial charge is 0.373 e. The Morgan fingerprint density at radius 2 is 2.09 bits per heavy atom. The summed E-state index contributed by atoms with van der Waals surface area (Å²) in [5.74, 6) is -0.285. The Bertz CT molecular complexity index is 513. The molecule has 4 N–H and O–H groups in total. The fourth-order valence-corrected chi connectivity index (χ4v) is 2.29. The molecule has 0 amide bonds. The van der Waals surface area contributed by atoms with Crippen LogP contribution in [0.25, 0.3) is 0 Å². The topological polar surface area (TPSA) is 84.6 Å². The zero-order valence-electron chi connectivity index (χ0n) is 14.1. The van der Waals surface area contributed by atoms with Gasteiger partial charge in [-0.25, -0.2) is 0 Å². The molecule has 0 heterocycles. The van der Waals surface area contributed by atoms with Gasteiger partial charge in [-0.05, 0) is 64.2 Å². The third-order valence-electron chi connectivity index (χ3n) is 3.15. The lowest BCUT2D eigenvalue weighted by Crippen LogP contribution is -2.43. The molecule has 0 aromatic heterocycles. The minimum absolute atomic E-state index is 0.191. The molecule has 0 aliphatic heterocycles. The van der Waals surface area contributed by atoms with Gasteiger partial charge in [0.15, 0.2) is 0 Å². The Kier molecular flexibility index (Phi) is 6.44. The number of carbonyl (C=O) groups excluding carboxylic acids is 1. The highest BCUT2D eigenvalue weighted by atomic mass is 16.6. The van der Waals surface area contributed by atoms with E-state index in [-0.39, 0.29) is 18.4 Å². The van der Waals surface area contributed by atoms with Crippen LogP contribution in [0.5, 0.6) is 0 Å². The van der Waals surface area contributed by atoms with Crippen LogP contribution in [0.3, 0.4) is 0 Å². The van der Waals surface area contributed by atoms with Crippen molar-refractivity contribution < 1.29 is 14.6 Å². The summed E-state index contributed by atoms with van der Waals surface area (Å²) in [6.07, 6.45) is 0.789. The molecule has 1 atom stereocenters. The minimum atomic E-state index is -0.700. The molecule has 0 aliphatic rings. The summed E-state index contributed by atoms with van der Waals surface area (Å²) in [5.41, 5.74) is 8.17. The number of esters is 1. The van der Waals surface area contributed by atoms with E-state index >= 15 is 0 Å². The number of carbonyl (C=O) groups is 1. The highest BCUT2D eigenvalue weighted by Crippen LogP contribution is 2.17. The predicted octanol–water partition coefficient (Wildman–Crippen LogP) is 1.92. The van der Waals surface area contributed by atoms with Crippen LogP contribution in [0.15, 0.2) is 18.2 Å². The van der Waals surface area contributed by atoms with Crippen LogP contribution < -0.4 is 11.0 Å². The molecule has 5 nitrogen and oxygen atoms in total. The maximum absolute atomic E-state index is 12.0. The zero-order valence-corrected chi connectivity index (χ0v) is 14.1. The van der Waals surface area contributed by atoms with E-state index in [1.807, 2.05) is 45.9 Å². The standard InChI is InChI=1S/C16H27BN2O3/c1-11-6-7-13(18)8-12(11)9-14(19-17(5)21)10-15(20)22-16(2,3)4/h6-8,14,19,21H,9-10,18H2,1-5H3/t14-/m0/s1. The average Bonchev–Trinajstić information content (AvgIpc) is 2.30. The van der Waals surface area contributed by atoms with Crippen LogP contribution in [-0.2, 0) is 16.0 Å². The van der Waals surface area contributed by atoms with Crippen LogP contribution in [0.4, 0.5) is 5.69 Å². The molecule has 1 aromatic carbocycles. The first kappa shape index (κ1) is 18.5. The first-order chi connectivity index (χ1) is 10.1. The van der Waals surface area contributed by atoms with Gasteiger partial charge < -0.3 is 20.7 Å². The summed E-state index contributed by atoms with van der Waals surface area (Å²) in [7, 11) is -0.700.